The molecule has 1 aromatic carbocycles. The van der Waals surface area contributed by atoms with Gasteiger partial charge in [-0.3, -0.25) is 0 Å². The Balaban J connectivity index is 1.34. The van der Waals surface area contributed by atoms with E-state index in [0.29, 0.717) is 6.04 Å². The van der Waals surface area contributed by atoms with Gasteiger partial charge >= 0.3 is 0 Å². The predicted molar refractivity (Wildman–Crippen MR) is 93.8 cm³/mol. The Morgan fingerprint density at radius 2 is 1.78 bits per heavy atom. The molecule has 0 atom stereocenters. The van der Waals surface area contributed by atoms with Gasteiger partial charge in [-0.25, -0.2) is 4.98 Å². The van der Waals surface area contributed by atoms with Crippen LogP contribution in [0.2, 0.25) is 0 Å². The van der Waals surface area contributed by atoms with E-state index in [4.69, 9.17) is 0 Å². The van der Waals surface area contributed by atoms with Gasteiger partial charge in [0.2, 0.25) is 5.95 Å². The Labute approximate surface area is 138 Å². The van der Waals surface area contributed by atoms with E-state index in [9.17, 15) is 0 Å². The van der Waals surface area contributed by atoms with Gasteiger partial charge in [-0.2, -0.15) is 4.98 Å². The molecule has 1 aliphatic heterocycles. The predicted octanol–water partition coefficient (Wildman–Crippen LogP) is 3.51. The fraction of sp³-hybridized carbons (Fsp3) is 0.474. The van der Waals surface area contributed by atoms with Gasteiger partial charge in [0.15, 0.2) is 0 Å². The van der Waals surface area contributed by atoms with Gasteiger partial charge in [-0.1, -0.05) is 30.3 Å². The highest BCUT2D eigenvalue weighted by Gasteiger charge is 2.23. The largest absolute Gasteiger partial charge is 0.367 e. The average molecular weight is 308 g/mol. The summed E-state index contributed by atoms with van der Waals surface area (Å²) in [6.07, 6.45) is 8.05. The lowest BCUT2D eigenvalue weighted by Gasteiger charge is -2.32. The van der Waals surface area contributed by atoms with Crippen molar-refractivity contribution in [2.24, 2.45) is 5.92 Å². The van der Waals surface area contributed by atoms with Crippen molar-refractivity contribution in [3.8, 4) is 0 Å². The lowest BCUT2D eigenvalue weighted by molar-refractivity contribution is 0.400. The number of nitrogens with zero attached hydrogens (tertiary/aromatic N) is 3. The van der Waals surface area contributed by atoms with E-state index in [2.05, 4.69) is 50.5 Å². The summed E-state index contributed by atoms with van der Waals surface area (Å²) in [5, 5.41) is 3.46. The van der Waals surface area contributed by atoms with Crippen LogP contribution in [0.1, 0.15) is 31.2 Å². The number of aromatic nitrogens is 2. The van der Waals surface area contributed by atoms with Crippen molar-refractivity contribution in [3.63, 3.8) is 0 Å². The number of rotatable bonds is 5. The molecule has 2 fully saturated rings. The van der Waals surface area contributed by atoms with Crippen LogP contribution in [0.15, 0.2) is 42.6 Å². The third-order valence-electron chi connectivity index (χ3n) is 4.84. The Bertz CT molecular complexity index is 631. The number of piperidine rings is 1. The smallest absolute Gasteiger partial charge is 0.227 e. The van der Waals surface area contributed by atoms with Gasteiger partial charge < -0.3 is 10.2 Å². The molecule has 0 unspecified atom stereocenters. The van der Waals surface area contributed by atoms with Crippen molar-refractivity contribution < 1.29 is 0 Å². The van der Waals surface area contributed by atoms with Crippen LogP contribution in [-0.4, -0.2) is 29.1 Å². The SMILES string of the molecule is c1ccc(CC2CCN(c3nccc(NC4CC4)n3)CC2)cc1. The zero-order valence-electron chi connectivity index (χ0n) is 13.5. The summed E-state index contributed by atoms with van der Waals surface area (Å²) in [6, 6.07) is 13.4. The lowest BCUT2D eigenvalue weighted by Crippen LogP contribution is -2.35. The van der Waals surface area contributed by atoms with E-state index in [0.717, 1.165) is 30.8 Å². The zero-order valence-corrected chi connectivity index (χ0v) is 13.5. The van der Waals surface area contributed by atoms with Crippen LogP contribution in [0.4, 0.5) is 11.8 Å². The molecule has 1 saturated heterocycles. The first-order valence-electron chi connectivity index (χ1n) is 8.75. The minimum absolute atomic E-state index is 0.634. The maximum Gasteiger partial charge on any atom is 0.227 e. The van der Waals surface area contributed by atoms with Crippen LogP contribution < -0.4 is 10.2 Å². The highest BCUT2D eigenvalue weighted by atomic mass is 15.3. The van der Waals surface area contributed by atoms with E-state index in [-0.39, 0.29) is 0 Å². The summed E-state index contributed by atoms with van der Waals surface area (Å²) < 4.78 is 0. The van der Waals surface area contributed by atoms with Crippen LogP contribution in [0.3, 0.4) is 0 Å². The number of hydrogen-bond acceptors (Lipinski definition) is 4. The Morgan fingerprint density at radius 1 is 1.00 bits per heavy atom. The first-order chi connectivity index (χ1) is 11.4. The van der Waals surface area contributed by atoms with Crippen molar-refractivity contribution in [1.82, 2.24) is 9.97 Å². The monoisotopic (exact) mass is 308 g/mol. The van der Waals surface area contributed by atoms with Gasteiger partial charge in [-0.15, -0.1) is 0 Å². The summed E-state index contributed by atoms with van der Waals surface area (Å²) in [5.74, 6) is 2.64. The Morgan fingerprint density at radius 3 is 2.52 bits per heavy atom. The number of hydrogen-bond donors (Lipinski definition) is 1. The Kier molecular flexibility index (Phi) is 4.14. The molecule has 120 valence electrons. The molecule has 2 heterocycles. The van der Waals surface area contributed by atoms with Crippen LogP contribution >= 0.6 is 0 Å². The molecule has 23 heavy (non-hydrogen) atoms. The molecule has 2 aromatic rings. The molecule has 0 spiro atoms. The average Bonchev–Trinajstić information content (AvgIpc) is 3.41. The third kappa shape index (κ3) is 3.81. The molecular formula is C19H24N4. The molecule has 4 nitrogen and oxygen atoms in total. The van der Waals surface area contributed by atoms with E-state index < -0.39 is 0 Å². The zero-order chi connectivity index (χ0) is 15.5. The first kappa shape index (κ1) is 14.5. The third-order valence-corrected chi connectivity index (χ3v) is 4.84. The number of nitrogens with one attached hydrogen (secondary N) is 1. The quantitative estimate of drug-likeness (QED) is 0.917. The second-order valence-corrected chi connectivity index (χ2v) is 6.78. The summed E-state index contributed by atoms with van der Waals surface area (Å²) in [6.45, 7) is 2.12. The van der Waals surface area contributed by atoms with Crippen LogP contribution in [0, 0.1) is 5.92 Å². The molecule has 1 saturated carbocycles. The molecule has 4 rings (SSSR count). The van der Waals surface area contributed by atoms with Crippen LogP contribution in [-0.2, 0) is 6.42 Å². The van der Waals surface area contributed by atoms with Gasteiger partial charge in [0.1, 0.15) is 5.82 Å². The fourth-order valence-corrected chi connectivity index (χ4v) is 3.30. The van der Waals surface area contributed by atoms with Crippen molar-refractivity contribution in [1.29, 1.82) is 0 Å². The minimum atomic E-state index is 0.634. The molecule has 0 amide bonds. The maximum atomic E-state index is 4.69. The highest BCUT2D eigenvalue weighted by molar-refractivity contribution is 5.43. The second-order valence-electron chi connectivity index (χ2n) is 6.78. The molecule has 1 aliphatic carbocycles. The molecular weight excluding hydrogens is 284 g/mol. The Hall–Kier alpha value is -2.10. The molecule has 1 N–H and O–H groups in total. The maximum absolute atomic E-state index is 4.69. The van der Waals surface area contributed by atoms with Crippen LogP contribution in [0.5, 0.6) is 0 Å². The van der Waals surface area contributed by atoms with Crippen molar-refractivity contribution in [3.05, 3.63) is 48.2 Å². The first-order valence-corrected chi connectivity index (χ1v) is 8.75. The summed E-state index contributed by atoms with van der Waals surface area (Å²) >= 11 is 0. The van der Waals surface area contributed by atoms with Gasteiger partial charge in [0, 0.05) is 25.3 Å². The topological polar surface area (TPSA) is 41.1 Å². The summed E-state index contributed by atoms with van der Waals surface area (Å²) in [7, 11) is 0. The highest BCUT2D eigenvalue weighted by Crippen LogP contribution is 2.26. The molecule has 1 aromatic heterocycles. The number of benzene rings is 1. The lowest BCUT2D eigenvalue weighted by atomic mass is 9.90. The number of anilines is 2. The normalized spacial score (nSPS) is 18.9. The van der Waals surface area contributed by atoms with E-state index in [1.165, 1.54) is 37.7 Å². The standard InChI is InChI=1S/C19H24N4/c1-2-4-15(5-3-1)14-16-9-12-23(13-10-16)19-20-11-8-18(22-19)21-17-6-7-17/h1-5,8,11,16-17H,6-7,9-10,12-14H2,(H,20,21,22). The van der Waals surface area contributed by atoms with Crippen molar-refractivity contribution in [2.45, 2.75) is 38.1 Å². The fourth-order valence-electron chi connectivity index (χ4n) is 3.30. The van der Waals surface area contributed by atoms with Gasteiger partial charge in [0.05, 0.1) is 0 Å². The van der Waals surface area contributed by atoms with Gasteiger partial charge in [0.25, 0.3) is 0 Å². The molecule has 4 heteroatoms. The summed E-state index contributed by atoms with van der Waals surface area (Å²) in [5.41, 5.74) is 1.46. The molecule has 0 radical (unpaired) electrons. The van der Waals surface area contributed by atoms with Crippen molar-refractivity contribution >= 4 is 11.8 Å². The van der Waals surface area contributed by atoms with Crippen LogP contribution in [0.25, 0.3) is 0 Å². The van der Waals surface area contributed by atoms with E-state index in [1.807, 2.05) is 12.3 Å². The molecule has 2 aliphatic rings. The van der Waals surface area contributed by atoms with Gasteiger partial charge in [-0.05, 0) is 49.7 Å². The van der Waals surface area contributed by atoms with E-state index >= 15 is 0 Å². The summed E-state index contributed by atoms with van der Waals surface area (Å²) in [4.78, 5) is 11.5. The minimum Gasteiger partial charge on any atom is -0.367 e. The van der Waals surface area contributed by atoms with Crippen molar-refractivity contribution in [2.75, 3.05) is 23.3 Å². The molecule has 0 bridgehead atoms. The second kappa shape index (κ2) is 6.57. The van der Waals surface area contributed by atoms with E-state index in [1.54, 1.807) is 0 Å².